The number of benzene rings is 1. The predicted octanol–water partition coefficient (Wildman–Crippen LogP) is 3.16. The van der Waals surface area contributed by atoms with Crippen molar-refractivity contribution >= 4 is 12.2 Å². The monoisotopic (exact) mass is 468 g/mol. The van der Waals surface area contributed by atoms with Crippen molar-refractivity contribution in [1.82, 2.24) is 10.6 Å². The number of rotatable bonds is 11. The van der Waals surface area contributed by atoms with Gasteiger partial charge >= 0.3 is 12.2 Å². The first-order valence-electron chi connectivity index (χ1n) is 11.2. The molecule has 188 valence electrons. The second kappa shape index (κ2) is 13.3. The van der Waals surface area contributed by atoms with Crippen molar-refractivity contribution in [3.63, 3.8) is 0 Å². The maximum Gasteiger partial charge on any atom is 0.407 e. The third-order valence-electron chi connectivity index (χ3n) is 4.21. The molecule has 0 saturated carbocycles. The van der Waals surface area contributed by atoms with Gasteiger partial charge in [0, 0.05) is 12.6 Å². The van der Waals surface area contributed by atoms with Gasteiger partial charge in [-0.1, -0.05) is 12.1 Å². The Labute approximate surface area is 196 Å². The first-order valence-corrected chi connectivity index (χ1v) is 11.2. The van der Waals surface area contributed by atoms with E-state index in [0.29, 0.717) is 12.2 Å². The van der Waals surface area contributed by atoms with Crippen molar-refractivity contribution in [2.24, 2.45) is 0 Å². The van der Waals surface area contributed by atoms with Gasteiger partial charge in [0.15, 0.2) is 0 Å². The number of ether oxygens (including phenoxy) is 3. The fourth-order valence-electron chi connectivity index (χ4n) is 2.77. The molecule has 2 atom stereocenters. The van der Waals surface area contributed by atoms with E-state index in [2.05, 4.69) is 10.6 Å². The number of alkyl carbamates (subject to hydrolysis) is 2. The van der Waals surface area contributed by atoms with Gasteiger partial charge in [-0.05, 0) is 78.5 Å². The summed E-state index contributed by atoms with van der Waals surface area (Å²) in [6.45, 7) is 10.6. The molecule has 1 rings (SSSR count). The molecule has 0 unspecified atom stereocenters. The van der Waals surface area contributed by atoms with Crippen molar-refractivity contribution in [3.05, 3.63) is 29.8 Å². The summed E-state index contributed by atoms with van der Waals surface area (Å²) in [6, 6.07) is 7.14. The van der Waals surface area contributed by atoms with E-state index in [1.54, 1.807) is 53.7 Å². The number of aliphatic hydroxyl groups is 2. The van der Waals surface area contributed by atoms with E-state index in [0.717, 1.165) is 18.4 Å². The number of carbonyl (C=O) groups excluding carboxylic acids is 2. The van der Waals surface area contributed by atoms with Gasteiger partial charge in [0.2, 0.25) is 0 Å². The third kappa shape index (κ3) is 14.3. The van der Waals surface area contributed by atoms with E-state index in [1.165, 1.54) is 0 Å². The lowest BCUT2D eigenvalue weighted by molar-refractivity contribution is 0.0460. The van der Waals surface area contributed by atoms with Crippen LogP contribution in [0, 0.1) is 0 Å². The molecule has 9 nitrogen and oxygen atoms in total. The zero-order valence-corrected chi connectivity index (χ0v) is 20.6. The summed E-state index contributed by atoms with van der Waals surface area (Å²) in [7, 11) is 0. The molecule has 33 heavy (non-hydrogen) atoms. The van der Waals surface area contributed by atoms with Crippen LogP contribution in [0.5, 0.6) is 5.75 Å². The van der Waals surface area contributed by atoms with Gasteiger partial charge in [0.1, 0.15) is 29.7 Å². The van der Waals surface area contributed by atoms with E-state index < -0.39 is 29.5 Å². The Hall–Kier alpha value is -2.52. The molecule has 0 radical (unpaired) electrons. The highest BCUT2D eigenvalue weighted by molar-refractivity contribution is 5.69. The predicted molar refractivity (Wildman–Crippen MR) is 125 cm³/mol. The summed E-state index contributed by atoms with van der Waals surface area (Å²) in [5, 5.41) is 23.7. The second-order valence-corrected chi connectivity index (χ2v) is 9.91. The van der Waals surface area contributed by atoms with Crippen LogP contribution in [0.3, 0.4) is 0 Å². The summed E-state index contributed by atoms with van der Waals surface area (Å²) >= 11 is 0. The molecule has 0 bridgehead atoms. The van der Waals surface area contributed by atoms with Crippen molar-refractivity contribution in [2.75, 3.05) is 19.8 Å². The average Bonchev–Trinajstić information content (AvgIpc) is 2.68. The van der Waals surface area contributed by atoms with Gasteiger partial charge < -0.3 is 35.1 Å². The minimum atomic E-state index is -0.909. The molecule has 0 fully saturated rings. The van der Waals surface area contributed by atoms with Gasteiger partial charge in [0.25, 0.3) is 0 Å². The van der Waals surface area contributed by atoms with Crippen LogP contribution in [0.25, 0.3) is 0 Å². The maximum atomic E-state index is 12.2. The molecule has 0 aliphatic heterocycles. The lowest BCUT2D eigenvalue weighted by atomic mass is 10.0. The zero-order valence-electron chi connectivity index (χ0n) is 20.6. The zero-order chi connectivity index (χ0) is 25.1. The van der Waals surface area contributed by atoms with Gasteiger partial charge in [-0.25, -0.2) is 9.59 Å². The lowest BCUT2D eigenvalue weighted by Gasteiger charge is -2.25. The minimum absolute atomic E-state index is 0.0263. The molecule has 0 aromatic heterocycles. The molecule has 9 heteroatoms. The summed E-state index contributed by atoms with van der Waals surface area (Å²) in [4.78, 5) is 24.2. The molecular weight excluding hydrogens is 428 g/mol. The van der Waals surface area contributed by atoms with Crippen molar-refractivity contribution < 1.29 is 34.0 Å². The van der Waals surface area contributed by atoms with E-state index in [4.69, 9.17) is 19.3 Å². The molecule has 0 aliphatic rings. The molecule has 0 heterocycles. The standard InChI is InChI=1S/C24H40N2O7/c1-23(2,3)32-21(29)25-14-18(26-22(30)33-24(4,5)6)9-7-8-17-10-12-20(13-11-17)31-16-19(28)15-27/h10-13,18-19,27-28H,7-9,14-16H2,1-6H3,(H,25,29)(H,26,30)/t18-,19-/m1/s1. The fraction of sp³-hybridized carbons (Fsp3) is 0.667. The van der Waals surface area contributed by atoms with Crippen LogP contribution in [0.1, 0.15) is 59.9 Å². The summed E-state index contributed by atoms with van der Waals surface area (Å²) in [5.41, 5.74) is -0.143. The van der Waals surface area contributed by atoms with Crippen LogP contribution in [-0.2, 0) is 15.9 Å². The van der Waals surface area contributed by atoms with Gasteiger partial charge in [-0.3, -0.25) is 0 Å². The van der Waals surface area contributed by atoms with Gasteiger partial charge in [0.05, 0.1) is 6.61 Å². The molecule has 1 aromatic rings. The largest absolute Gasteiger partial charge is 0.491 e. The molecule has 0 saturated heterocycles. The lowest BCUT2D eigenvalue weighted by Crippen LogP contribution is -2.46. The van der Waals surface area contributed by atoms with Gasteiger partial charge in [-0.15, -0.1) is 0 Å². The van der Waals surface area contributed by atoms with Crippen LogP contribution in [0.2, 0.25) is 0 Å². The number of carbonyl (C=O) groups is 2. The van der Waals surface area contributed by atoms with Crippen molar-refractivity contribution in [2.45, 2.75) is 84.2 Å². The van der Waals surface area contributed by atoms with E-state index in [1.807, 2.05) is 12.1 Å². The van der Waals surface area contributed by atoms with E-state index >= 15 is 0 Å². The average molecular weight is 469 g/mol. The van der Waals surface area contributed by atoms with Crippen LogP contribution in [0.4, 0.5) is 9.59 Å². The molecular formula is C24H40N2O7. The van der Waals surface area contributed by atoms with Gasteiger partial charge in [-0.2, -0.15) is 0 Å². The number of hydrogen-bond donors (Lipinski definition) is 4. The Morgan fingerprint density at radius 3 is 2.09 bits per heavy atom. The molecule has 1 aromatic carbocycles. The highest BCUT2D eigenvalue weighted by Crippen LogP contribution is 2.15. The first kappa shape index (κ1) is 28.5. The number of nitrogens with one attached hydrogen (secondary N) is 2. The number of hydrogen-bond acceptors (Lipinski definition) is 7. The fourth-order valence-corrected chi connectivity index (χ4v) is 2.77. The minimum Gasteiger partial charge on any atom is -0.491 e. The molecule has 4 N–H and O–H groups in total. The number of amides is 2. The Morgan fingerprint density at radius 2 is 1.55 bits per heavy atom. The topological polar surface area (TPSA) is 126 Å². The SMILES string of the molecule is CC(C)(C)OC(=O)NC[C@@H](CCCc1ccc(OC[C@H](O)CO)cc1)NC(=O)OC(C)(C)C. The normalized spacial score (nSPS) is 13.6. The highest BCUT2D eigenvalue weighted by Gasteiger charge is 2.21. The van der Waals surface area contributed by atoms with Crippen LogP contribution >= 0.6 is 0 Å². The Balaban J connectivity index is 2.59. The molecule has 0 aliphatic carbocycles. The quantitative estimate of drug-likeness (QED) is 0.393. The Morgan fingerprint density at radius 1 is 0.970 bits per heavy atom. The van der Waals surface area contributed by atoms with Crippen LogP contribution < -0.4 is 15.4 Å². The Kier molecular flexibility index (Phi) is 11.4. The highest BCUT2D eigenvalue weighted by atomic mass is 16.6. The second-order valence-electron chi connectivity index (χ2n) is 9.91. The number of aliphatic hydroxyl groups excluding tert-OH is 2. The van der Waals surface area contributed by atoms with Crippen LogP contribution in [0.15, 0.2) is 24.3 Å². The Bertz CT molecular complexity index is 724. The maximum absolute atomic E-state index is 12.2. The molecule has 2 amide bonds. The van der Waals surface area contributed by atoms with Crippen molar-refractivity contribution in [3.8, 4) is 5.75 Å². The number of aryl methyl sites for hydroxylation is 1. The van der Waals surface area contributed by atoms with E-state index in [-0.39, 0.29) is 25.8 Å². The first-order chi connectivity index (χ1) is 15.3. The van der Waals surface area contributed by atoms with Crippen LogP contribution in [-0.4, -0.2) is 65.5 Å². The summed E-state index contributed by atoms with van der Waals surface area (Å²) in [5.74, 6) is 0.609. The summed E-state index contributed by atoms with van der Waals surface area (Å²) in [6.07, 6.45) is 0.160. The summed E-state index contributed by atoms with van der Waals surface area (Å²) < 4.78 is 16.0. The smallest absolute Gasteiger partial charge is 0.407 e. The third-order valence-corrected chi connectivity index (χ3v) is 4.21. The van der Waals surface area contributed by atoms with Crippen molar-refractivity contribution in [1.29, 1.82) is 0 Å². The van der Waals surface area contributed by atoms with E-state index in [9.17, 15) is 14.7 Å². The molecule has 0 spiro atoms.